The highest BCUT2D eigenvalue weighted by Crippen LogP contribution is 2.38. The number of carbonyl (C=O) groups excluding carboxylic acids is 1. The molecule has 2 heterocycles. The molecule has 6 nitrogen and oxygen atoms in total. The Bertz CT molecular complexity index is 437. The molecule has 2 rings (SSSR count). The van der Waals surface area contributed by atoms with Crippen LogP contribution in [0.5, 0.6) is 0 Å². The molecule has 0 bridgehead atoms. The molecule has 2 fully saturated rings. The second kappa shape index (κ2) is 7.34. The monoisotopic (exact) mass is 326 g/mol. The molecule has 1 unspecified atom stereocenters. The van der Waals surface area contributed by atoms with Crippen molar-refractivity contribution in [3.63, 3.8) is 0 Å². The fourth-order valence-corrected chi connectivity index (χ4v) is 2.41. The van der Waals surface area contributed by atoms with Crippen LogP contribution in [0, 0.1) is 0 Å². The van der Waals surface area contributed by atoms with E-state index in [1.165, 1.54) is 13.2 Å². The summed E-state index contributed by atoms with van der Waals surface area (Å²) in [6.07, 6.45) is 4.13. The minimum absolute atomic E-state index is 0.205. The van der Waals surface area contributed by atoms with Crippen molar-refractivity contribution < 1.29 is 28.3 Å². The van der Waals surface area contributed by atoms with E-state index in [4.69, 9.17) is 23.5 Å². The minimum Gasteiger partial charge on any atom is -0.466 e. The van der Waals surface area contributed by atoms with Gasteiger partial charge in [0.05, 0.1) is 24.9 Å². The van der Waals surface area contributed by atoms with E-state index in [1.54, 1.807) is 0 Å². The lowest BCUT2D eigenvalue weighted by molar-refractivity contribution is -0.156. The number of carbonyl (C=O) groups is 1. The van der Waals surface area contributed by atoms with Crippen LogP contribution in [0.1, 0.15) is 47.0 Å². The van der Waals surface area contributed by atoms with Crippen LogP contribution in [0.2, 0.25) is 0 Å². The minimum atomic E-state index is -0.636. The average Bonchev–Trinajstić information content (AvgIpc) is 2.72. The molecule has 0 aromatic heterocycles. The van der Waals surface area contributed by atoms with E-state index < -0.39 is 24.3 Å². The predicted molar refractivity (Wildman–Crippen MR) is 85.7 cm³/mol. The first-order valence-corrected chi connectivity index (χ1v) is 8.12. The van der Waals surface area contributed by atoms with Crippen molar-refractivity contribution >= 4 is 13.1 Å². The second-order valence-corrected chi connectivity index (χ2v) is 6.94. The maximum atomic E-state index is 11.7. The molecule has 1 atom stereocenters. The molecule has 2 aliphatic heterocycles. The molecule has 0 aromatic carbocycles. The summed E-state index contributed by atoms with van der Waals surface area (Å²) >= 11 is 0. The van der Waals surface area contributed by atoms with Gasteiger partial charge in [-0.3, -0.25) is 0 Å². The fourth-order valence-electron chi connectivity index (χ4n) is 2.41. The summed E-state index contributed by atoms with van der Waals surface area (Å²) < 4.78 is 28.0. The molecule has 2 aliphatic rings. The molecular formula is C16H27BO6. The zero-order valence-electron chi connectivity index (χ0n) is 14.7. The Morgan fingerprint density at radius 1 is 1.22 bits per heavy atom. The van der Waals surface area contributed by atoms with E-state index in [1.807, 2.05) is 27.7 Å². The molecule has 130 valence electrons. The fraction of sp³-hybridized carbons (Fsp3) is 0.812. The standard InChI is InChI=1S/C16H27BO6/c1-15(2)16(3,4)23-17(22-15)12(10-13(18)19-5)11-21-14-8-6-7-9-20-14/h10,14H,6-9,11H2,1-5H3/b12-10-. The summed E-state index contributed by atoms with van der Waals surface area (Å²) in [5.74, 6) is -0.456. The second-order valence-electron chi connectivity index (χ2n) is 6.94. The summed E-state index contributed by atoms with van der Waals surface area (Å²) in [5.41, 5.74) is -0.354. The van der Waals surface area contributed by atoms with Gasteiger partial charge in [0.1, 0.15) is 0 Å². The van der Waals surface area contributed by atoms with Gasteiger partial charge in [-0.05, 0) is 52.4 Å². The van der Waals surface area contributed by atoms with Gasteiger partial charge in [0.2, 0.25) is 0 Å². The van der Waals surface area contributed by atoms with Crippen LogP contribution in [0.15, 0.2) is 11.5 Å². The number of hydrogen-bond acceptors (Lipinski definition) is 6. The highest BCUT2D eigenvalue weighted by atomic mass is 16.7. The lowest BCUT2D eigenvalue weighted by atomic mass is 9.78. The zero-order chi connectivity index (χ0) is 17.1. The van der Waals surface area contributed by atoms with Crippen LogP contribution >= 0.6 is 0 Å². The normalized spacial score (nSPS) is 27.1. The van der Waals surface area contributed by atoms with Crippen LogP contribution in [0.25, 0.3) is 0 Å². The van der Waals surface area contributed by atoms with Crippen LogP contribution in [0.4, 0.5) is 0 Å². The molecule has 0 aromatic rings. The SMILES string of the molecule is COC(=O)/C=C(/COC1CCCCO1)B1OC(C)(C)C(C)(C)O1. The molecular weight excluding hydrogens is 299 g/mol. The Labute approximate surface area is 138 Å². The van der Waals surface area contributed by atoms with Crippen LogP contribution in [0.3, 0.4) is 0 Å². The predicted octanol–water partition coefficient (Wildman–Crippen LogP) is 2.26. The topological polar surface area (TPSA) is 63.2 Å². The van der Waals surface area contributed by atoms with Crippen molar-refractivity contribution in [3.8, 4) is 0 Å². The molecule has 23 heavy (non-hydrogen) atoms. The van der Waals surface area contributed by atoms with Gasteiger partial charge >= 0.3 is 13.1 Å². The molecule has 0 aliphatic carbocycles. The number of hydrogen-bond donors (Lipinski definition) is 0. The Kier molecular flexibility index (Phi) is 5.89. The van der Waals surface area contributed by atoms with Gasteiger partial charge in [-0.25, -0.2) is 4.79 Å². The van der Waals surface area contributed by atoms with Gasteiger partial charge in [0.15, 0.2) is 6.29 Å². The third-order valence-electron chi connectivity index (χ3n) is 4.63. The lowest BCUT2D eigenvalue weighted by Gasteiger charge is -2.32. The van der Waals surface area contributed by atoms with Gasteiger partial charge in [0, 0.05) is 12.7 Å². The van der Waals surface area contributed by atoms with Gasteiger partial charge in [0.25, 0.3) is 0 Å². The molecule has 7 heteroatoms. The van der Waals surface area contributed by atoms with Crippen molar-refractivity contribution in [2.75, 3.05) is 20.3 Å². The van der Waals surface area contributed by atoms with E-state index >= 15 is 0 Å². The Hall–Kier alpha value is -0.885. The molecule has 0 amide bonds. The van der Waals surface area contributed by atoms with Gasteiger partial charge in [-0.2, -0.15) is 0 Å². The maximum Gasteiger partial charge on any atom is 0.493 e. The van der Waals surface area contributed by atoms with E-state index in [-0.39, 0.29) is 12.9 Å². The number of ether oxygens (including phenoxy) is 3. The molecule has 0 N–H and O–H groups in total. The van der Waals surface area contributed by atoms with E-state index in [9.17, 15) is 4.79 Å². The van der Waals surface area contributed by atoms with E-state index in [0.29, 0.717) is 12.1 Å². The van der Waals surface area contributed by atoms with Crippen molar-refractivity contribution in [3.05, 3.63) is 11.5 Å². The zero-order valence-corrected chi connectivity index (χ0v) is 14.7. The Morgan fingerprint density at radius 3 is 2.39 bits per heavy atom. The average molecular weight is 326 g/mol. The van der Waals surface area contributed by atoms with Crippen LogP contribution in [-0.4, -0.2) is 50.9 Å². The molecule has 0 radical (unpaired) electrons. The Morgan fingerprint density at radius 2 is 1.87 bits per heavy atom. The molecule has 2 saturated heterocycles. The highest BCUT2D eigenvalue weighted by molar-refractivity contribution is 6.55. The van der Waals surface area contributed by atoms with Gasteiger partial charge in [-0.15, -0.1) is 0 Å². The van der Waals surface area contributed by atoms with E-state index in [2.05, 4.69) is 0 Å². The smallest absolute Gasteiger partial charge is 0.466 e. The molecule has 0 spiro atoms. The summed E-state index contributed by atoms with van der Waals surface area (Å²) in [6, 6.07) is 0. The first-order valence-electron chi connectivity index (χ1n) is 8.12. The highest BCUT2D eigenvalue weighted by Gasteiger charge is 2.52. The summed E-state index contributed by atoms with van der Waals surface area (Å²) in [6.45, 7) is 8.78. The van der Waals surface area contributed by atoms with Gasteiger partial charge < -0.3 is 23.5 Å². The van der Waals surface area contributed by atoms with Crippen molar-refractivity contribution in [1.82, 2.24) is 0 Å². The third kappa shape index (κ3) is 4.56. The largest absolute Gasteiger partial charge is 0.493 e. The number of rotatable bonds is 5. The van der Waals surface area contributed by atoms with Crippen LogP contribution in [-0.2, 0) is 28.3 Å². The summed E-state index contributed by atoms with van der Waals surface area (Å²) in [5, 5.41) is 0. The van der Waals surface area contributed by atoms with Crippen LogP contribution < -0.4 is 0 Å². The quantitative estimate of drug-likeness (QED) is 0.439. The first-order chi connectivity index (χ1) is 10.7. The Balaban J connectivity index is 2.06. The van der Waals surface area contributed by atoms with Crippen molar-refractivity contribution in [2.45, 2.75) is 64.4 Å². The number of methoxy groups -OCH3 is 1. The lowest BCUT2D eigenvalue weighted by Crippen LogP contribution is -2.41. The summed E-state index contributed by atoms with van der Waals surface area (Å²) in [7, 11) is 0.703. The maximum absolute atomic E-state index is 11.7. The molecule has 0 saturated carbocycles. The van der Waals surface area contributed by atoms with Crippen molar-refractivity contribution in [2.24, 2.45) is 0 Å². The van der Waals surface area contributed by atoms with Gasteiger partial charge in [-0.1, -0.05) is 0 Å². The first kappa shape index (κ1) is 18.5. The third-order valence-corrected chi connectivity index (χ3v) is 4.63. The van der Waals surface area contributed by atoms with Crippen molar-refractivity contribution in [1.29, 1.82) is 0 Å². The summed E-state index contributed by atoms with van der Waals surface area (Å²) in [4.78, 5) is 11.7. The number of esters is 1. The van der Waals surface area contributed by atoms with E-state index in [0.717, 1.165) is 19.3 Å².